The number of hydrogen-bond donors (Lipinski definition) is 1. The zero-order valence-electron chi connectivity index (χ0n) is 17.4. The van der Waals surface area contributed by atoms with Gasteiger partial charge >= 0.3 is 0 Å². The van der Waals surface area contributed by atoms with Gasteiger partial charge in [0.25, 0.3) is 0 Å². The summed E-state index contributed by atoms with van der Waals surface area (Å²) in [5.41, 5.74) is 0. The molecule has 2 aliphatic heterocycles. The van der Waals surface area contributed by atoms with Gasteiger partial charge in [-0.2, -0.15) is 4.31 Å². The minimum Gasteiger partial charge on any atom is -0.342 e. The van der Waals surface area contributed by atoms with Crippen molar-refractivity contribution in [2.45, 2.75) is 30.6 Å². The quantitative estimate of drug-likeness (QED) is 0.709. The molecule has 0 saturated carbocycles. The van der Waals surface area contributed by atoms with Crippen molar-refractivity contribution >= 4 is 38.3 Å². The third-order valence-corrected chi connectivity index (χ3v) is 8.59. The number of rotatable bonds is 5. The van der Waals surface area contributed by atoms with Crippen LogP contribution < -0.4 is 5.32 Å². The summed E-state index contributed by atoms with van der Waals surface area (Å²) in [7, 11) is -3.78. The average molecular weight is 481 g/mol. The fourth-order valence-electron chi connectivity index (χ4n) is 4.23. The van der Waals surface area contributed by atoms with Crippen molar-refractivity contribution in [3.8, 4) is 0 Å². The number of benzene rings is 1. The predicted octanol–water partition coefficient (Wildman–Crippen LogP) is 2.56. The molecule has 2 saturated heterocycles. The van der Waals surface area contributed by atoms with Crippen LogP contribution in [-0.4, -0.2) is 60.6 Å². The standard InChI is InChI=1S/C21H25FN4O4S2/c22-17-3-5-18(6-4-17)32(29,30)26-10-1-2-16(14-26)20(28)25-11-7-15(8-12-25)19(27)24-21-23-9-13-31-21/h3-6,9,13,15-16H,1-2,7-8,10-12,14H2,(H,23,24,27)/t16-/m1/s1. The Morgan fingerprint density at radius 2 is 1.78 bits per heavy atom. The molecule has 2 aromatic rings. The van der Waals surface area contributed by atoms with Crippen LogP contribution in [0.5, 0.6) is 0 Å². The van der Waals surface area contributed by atoms with Crippen molar-refractivity contribution in [2.75, 3.05) is 31.5 Å². The molecule has 1 atom stereocenters. The van der Waals surface area contributed by atoms with Gasteiger partial charge in [0.15, 0.2) is 5.13 Å². The Labute approximate surface area is 190 Å². The predicted molar refractivity (Wildman–Crippen MR) is 118 cm³/mol. The molecule has 172 valence electrons. The summed E-state index contributed by atoms with van der Waals surface area (Å²) in [5.74, 6) is -1.24. The Balaban J connectivity index is 1.33. The van der Waals surface area contributed by atoms with E-state index in [0.717, 1.165) is 12.1 Å². The Morgan fingerprint density at radius 3 is 2.44 bits per heavy atom. The largest absolute Gasteiger partial charge is 0.342 e. The van der Waals surface area contributed by atoms with Gasteiger partial charge in [-0.3, -0.25) is 9.59 Å². The first kappa shape index (κ1) is 22.8. The molecular formula is C21H25FN4O4S2. The van der Waals surface area contributed by atoms with Gasteiger partial charge in [0, 0.05) is 43.7 Å². The number of nitrogens with zero attached hydrogens (tertiary/aromatic N) is 3. The van der Waals surface area contributed by atoms with Crippen molar-refractivity contribution in [2.24, 2.45) is 11.8 Å². The molecule has 0 spiro atoms. The summed E-state index contributed by atoms with van der Waals surface area (Å²) >= 11 is 1.36. The third kappa shape index (κ3) is 5.00. The molecule has 32 heavy (non-hydrogen) atoms. The molecule has 0 radical (unpaired) electrons. The van der Waals surface area contributed by atoms with Crippen LogP contribution >= 0.6 is 11.3 Å². The molecule has 1 aromatic carbocycles. The fraction of sp³-hybridized carbons (Fsp3) is 0.476. The normalized spacial score (nSPS) is 20.8. The number of carbonyl (C=O) groups excluding carboxylic acids is 2. The number of nitrogens with one attached hydrogen (secondary N) is 1. The van der Waals surface area contributed by atoms with Crippen LogP contribution in [-0.2, 0) is 19.6 Å². The zero-order chi connectivity index (χ0) is 22.7. The van der Waals surface area contributed by atoms with Gasteiger partial charge in [0.05, 0.1) is 10.8 Å². The number of hydrogen-bond acceptors (Lipinski definition) is 6. The molecule has 3 heterocycles. The number of anilines is 1. The lowest BCUT2D eigenvalue weighted by molar-refractivity contribution is -0.139. The molecule has 2 aliphatic rings. The van der Waals surface area contributed by atoms with E-state index in [4.69, 9.17) is 0 Å². The van der Waals surface area contributed by atoms with Gasteiger partial charge in [0.2, 0.25) is 21.8 Å². The first-order valence-electron chi connectivity index (χ1n) is 10.6. The van der Waals surface area contributed by atoms with Crippen molar-refractivity contribution in [3.05, 3.63) is 41.7 Å². The fourth-order valence-corrected chi connectivity index (χ4v) is 6.29. The summed E-state index contributed by atoms with van der Waals surface area (Å²) in [6.07, 6.45) is 3.97. The first-order valence-corrected chi connectivity index (χ1v) is 12.9. The monoisotopic (exact) mass is 480 g/mol. The van der Waals surface area contributed by atoms with E-state index in [9.17, 15) is 22.4 Å². The van der Waals surface area contributed by atoms with Crippen molar-refractivity contribution in [1.29, 1.82) is 0 Å². The molecule has 1 aromatic heterocycles. The number of piperidine rings is 2. The maximum Gasteiger partial charge on any atom is 0.243 e. The lowest BCUT2D eigenvalue weighted by Crippen LogP contribution is -2.49. The van der Waals surface area contributed by atoms with E-state index in [1.165, 1.54) is 27.8 Å². The first-order chi connectivity index (χ1) is 15.3. The number of sulfonamides is 1. The number of likely N-dealkylation sites (tertiary alicyclic amines) is 1. The van der Waals surface area contributed by atoms with Gasteiger partial charge in [-0.05, 0) is 49.9 Å². The number of thiazole rings is 1. The minimum atomic E-state index is -3.78. The minimum absolute atomic E-state index is 0.0269. The molecule has 0 unspecified atom stereocenters. The van der Waals surface area contributed by atoms with E-state index >= 15 is 0 Å². The Bertz CT molecular complexity index is 1050. The Hall–Kier alpha value is -2.37. The van der Waals surface area contributed by atoms with Crippen LogP contribution in [0.3, 0.4) is 0 Å². The van der Waals surface area contributed by atoms with E-state index in [0.29, 0.717) is 50.4 Å². The lowest BCUT2D eigenvalue weighted by Gasteiger charge is -2.37. The van der Waals surface area contributed by atoms with E-state index in [-0.39, 0.29) is 29.2 Å². The van der Waals surface area contributed by atoms with Crippen molar-refractivity contribution in [1.82, 2.24) is 14.2 Å². The summed E-state index contributed by atoms with van der Waals surface area (Å²) in [5, 5.41) is 5.17. The zero-order valence-corrected chi connectivity index (χ0v) is 19.1. The highest BCUT2D eigenvalue weighted by Gasteiger charge is 2.36. The number of carbonyl (C=O) groups is 2. The van der Waals surface area contributed by atoms with Crippen LogP contribution in [0.25, 0.3) is 0 Å². The van der Waals surface area contributed by atoms with Gasteiger partial charge < -0.3 is 10.2 Å². The molecule has 8 nitrogen and oxygen atoms in total. The van der Waals surface area contributed by atoms with Crippen molar-refractivity contribution < 1.29 is 22.4 Å². The van der Waals surface area contributed by atoms with Gasteiger partial charge in [-0.15, -0.1) is 11.3 Å². The average Bonchev–Trinajstić information content (AvgIpc) is 3.32. The van der Waals surface area contributed by atoms with Gasteiger partial charge in [-0.25, -0.2) is 17.8 Å². The van der Waals surface area contributed by atoms with Crippen LogP contribution in [0.2, 0.25) is 0 Å². The maximum atomic E-state index is 13.2. The number of halogens is 1. The molecule has 0 bridgehead atoms. The van der Waals surface area contributed by atoms with Crippen LogP contribution in [0, 0.1) is 17.7 Å². The highest BCUT2D eigenvalue weighted by atomic mass is 32.2. The number of amides is 2. The highest BCUT2D eigenvalue weighted by Crippen LogP contribution is 2.27. The summed E-state index contributed by atoms with van der Waals surface area (Å²) in [4.78, 5) is 31.3. The van der Waals surface area contributed by atoms with E-state index < -0.39 is 21.8 Å². The topological polar surface area (TPSA) is 99.7 Å². The maximum absolute atomic E-state index is 13.2. The molecular weight excluding hydrogens is 455 g/mol. The van der Waals surface area contributed by atoms with Gasteiger partial charge in [-0.1, -0.05) is 0 Å². The SMILES string of the molecule is O=C(Nc1nccs1)C1CCN(C(=O)[C@@H]2CCCN(S(=O)(=O)c3ccc(F)cc3)C2)CC1. The smallest absolute Gasteiger partial charge is 0.243 e. The van der Waals surface area contributed by atoms with Crippen LogP contribution in [0.1, 0.15) is 25.7 Å². The lowest BCUT2D eigenvalue weighted by atomic mass is 9.93. The Morgan fingerprint density at radius 1 is 1.06 bits per heavy atom. The van der Waals surface area contributed by atoms with E-state index in [1.54, 1.807) is 16.5 Å². The summed E-state index contributed by atoms with van der Waals surface area (Å²) in [6, 6.07) is 4.73. The molecule has 2 amide bonds. The molecule has 1 N–H and O–H groups in total. The third-order valence-electron chi connectivity index (χ3n) is 6.02. The van der Waals surface area contributed by atoms with Crippen LogP contribution in [0.15, 0.2) is 40.7 Å². The molecule has 0 aliphatic carbocycles. The molecule has 2 fully saturated rings. The second-order valence-electron chi connectivity index (χ2n) is 8.08. The summed E-state index contributed by atoms with van der Waals surface area (Å²) in [6.45, 7) is 1.39. The highest BCUT2D eigenvalue weighted by molar-refractivity contribution is 7.89. The molecule has 4 rings (SSSR count). The van der Waals surface area contributed by atoms with Crippen LogP contribution in [0.4, 0.5) is 9.52 Å². The second kappa shape index (κ2) is 9.63. The van der Waals surface area contributed by atoms with E-state index in [1.807, 2.05) is 0 Å². The Kier molecular flexibility index (Phi) is 6.87. The number of aromatic nitrogens is 1. The van der Waals surface area contributed by atoms with Crippen molar-refractivity contribution in [3.63, 3.8) is 0 Å². The second-order valence-corrected chi connectivity index (χ2v) is 10.9. The van der Waals surface area contributed by atoms with Gasteiger partial charge in [0.1, 0.15) is 5.82 Å². The van der Waals surface area contributed by atoms with E-state index in [2.05, 4.69) is 10.3 Å². The molecule has 11 heteroatoms. The summed E-state index contributed by atoms with van der Waals surface area (Å²) < 4.78 is 40.3.